The number of rotatable bonds is 4. The molecule has 0 fully saturated rings. The quantitative estimate of drug-likeness (QED) is 0.597. The van der Waals surface area contributed by atoms with E-state index in [2.05, 4.69) is 32.4 Å². The molecule has 5 N–H and O–H groups in total. The molecule has 0 saturated carbocycles. The lowest BCUT2D eigenvalue weighted by molar-refractivity contribution is 0.560. The third kappa shape index (κ3) is 3.26. The molecule has 0 aromatic carbocycles. The van der Waals surface area contributed by atoms with E-state index in [1.54, 1.807) is 17.5 Å². The van der Waals surface area contributed by atoms with Crippen LogP contribution in [0.25, 0.3) is 0 Å². The van der Waals surface area contributed by atoms with Gasteiger partial charge in [0.25, 0.3) is 0 Å². The van der Waals surface area contributed by atoms with Crippen LogP contribution in [-0.2, 0) is 6.42 Å². The van der Waals surface area contributed by atoms with Crippen LogP contribution < -0.4 is 17.0 Å². The summed E-state index contributed by atoms with van der Waals surface area (Å²) in [4.78, 5) is 5.16. The second kappa shape index (κ2) is 5.59. The fourth-order valence-corrected chi connectivity index (χ4v) is 3.12. The third-order valence-electron chi connectivity index (χ3n) is 2.42. The van der Waals surface area contributed by atoms with Gasteiger partial charge in [-0.3, -0.25) is 11.3 Å². The van der Waals surface area contributed by atoms with Gasteiger partial charge in [0, 0.05) is 20.9 Å². The van der Waals surface area contributed by atoms with Gasteiger partial charge in [-0.1, -0.05) is 0 Å². The first-order valence-corrected chi connectivity index (χ1v) is 6.77. The summed E-state index contributed by atoms with van der Waals surface area (Å²) >= 11 is 5.11. The highest BCUT2D eigenvalue weighted by Gasteiger charge is 2.12. The predicted molar refractivity (Wildman–Crippen MR) is 74.4 cm³/mol. The van der Waals surface area contributed by atoms with Gasteiger partial charge in [0.2, 0.25) is 0 Å². The lowest BCUT2D eigenvalue weighted by Crippen LogP contribution is -2.29. The van der Waals surface area contributed by atoms with E-state index in [9.17, 15) is 0 Å². The molecule has 2 aromatic heterocycles. The number of hydrazine groups is 1. The SMILES string of the molecule is NNC(Cc1ccnc(N)c1)c1cc(Br)cs1. The second-order valence-electron chi connectivity index (χ2n) is 3.68. The summed E-state index contributed by atoms with van der Waals surface area (Å²) in [6.45, 7) is 0. The molecule has 0 radical (unpaired) electrons. The Kier molecular flexibility index (Phi) is 4.11. The number of nitrogen functional groups attached to an aromatic ring is 1. The maximum atomic E-state index is 5.65. The van der Waals surface area contributed by atoms with Crippen molar-refractivity contribution in [3.63, 3.8) is 0 Å². The smallest absolute Gasteiger partial charge is 0.123 e. The van der Waals surface area contributed by atoms with Crippen LogP contribution >= 0.6 is 27.3 Å². The number of nitrogens with two attached hydrogens (primary N) is 2. The number of pyridine rings is 1. The van der Waals surface area contributed by atoms with Crippen LogP contribution in [0.5, 0.6) is 0 Å². The zero-order chi connectivity index (χ0) is 12.3. The summed E-state index contributed by atoms with van der Waals surface area (Å²) in [5, 5.41) is 2.04. The summed E-state index contributed by atoms with van der Waals surface area (Å²) in [7, 11) is 0. The minimum absolute atomic E-state index is 0.0908. The molecule has 0 saturated heterocycles. The van der Waals surface area contributed by atoms with E-state index < -0.39 is 0 Å². The van der Waals surface area contributed by atoms with Gasteiger partial charge in [0.15, 0.2) is 0 Å². The monoisotopic (exact) mass is 312 g/mol. The fraction of sp³-hybridized carbons (Fsp3) is 0.182. The Morgan fingerprint density at radius 3 is 2.88 bits per heavy atom. The summed E-state index contributed by atoms with van der Waals surface area (Å²) in [6.07, 6.45) is 2.50. The normalized spacial score (nSPS) is 12.6. The van der Waals surface area contributed by atoms with Gasteiger partial charge in [-0.15, -0.1) is 11.3 Å². The standard InChI is InChI=1S/C11H13BrN4S/c12-8-5-10(17-6-8)9(16-14)3-7-1-2-15-11(13)4-7/h1-2,4-6,9,16H,3,14H2,(H2,13,15). The number of aromatic nitrogens is 1. The molecule has 2 heterocycles. The van der Waals surface area contributed by atoms with E-state index in [1.165, 1.54) is 4.88 Å². The Morgan fingerprint density at radius 2 is 2.29 bits per heavy atom. The van der Waals surface area contributed by atoms with E-state index in [-0.39, 0.29) is 6.04 Å². The summed E-state index contributed by atoms with van der Waals surface area (Å²) in [5.41, 5.74) is 9.59. The molecule has 4 nitrogen and oxygen atoms in total. The molecular weight excluding hydrogens is 300 g/mol. The van der Waals surface area contributed by atoms with Crippen molar-refractivity contribution in [1.29, 1.82) is 0 Å². The zero-order valence-corrected chi connectivity index (χ0v) is 11.5. The molecule has 2 aromatic rings. The lowest BCUT2D eigenvalue weighted by atomic mass is 10.1. The molecule has 0 amide bonds. The number of nitrogens with one attached hydrogen (secondary N) is 1. The minimum Gasteiger partial charge on any atom is -0.384 e. The molecule has 0 spiro atoms. The Morgan fingerprint density at radius 1 is 1.47 bits per heavy atom. The van der Waals surface area contributed by atoms with Crippen molar-refractivity contribution in [1.82, 2.24) is 10.4 Å². The van der Waals surface area contributed by atoms with Gasteiger partial charge < -0.3 is 5.73 Å². The molecule has 0 aliphatic heterocycles. The third-order valence-corrected chi connectivity index (χ3v) is 4.22. The molecule has 6 heteroatoms. The first-order chi connectivity index (χ1) is 8.19. The number of thiophene rings is 1. The fourth-order valence-electron chi connectivity index (χ4n) is 1.61. The lowest BCUT2D eigenvalue weighted by Gasteiger charge is -2.14. The van der Waals surface area contributed by atoms with Gasteiger partial charge in [0.1, 0.15) is 5.82 Å². The van der Waals surface area contributed by atoms with Crippen LogP contribution in [0.2, 0.25) is 0 Å². The summed E-state index contributed by atoms with van der Waals surface area (Å²) < 4.78 is 1.08. The van der Waals surface area contributed by atoms with Crippen molar-refractivity contribution in [3.8, 4) is 0 Å². The zero-order valence-electron chi connectivity index (χ0n) is 9.06. The second-order valence-corrected chi connectivity index (χ2v) is 5.54. The van der Waals surface area contributed by atoms with Gasteiger partial charge in [0.05, 0.1) is 6.04 Å². The van der Waals surface area contributed by atoms with Crippen LogP contribution in [0, 0.1) is 0 Å². The summed E-state index contributed by atoms with van der Waals surface area (Å²) in [5.74, 6) is 6.13. The highest BCUT2D eigenvalue weighted by molar-refractivity contribution is 9.10. The highest BCUT2D eigenvalue weighted by atomic mass is 79.9. The number of hydrogen-bond acceptors (Lipinski definition) is 5. The van der Waals surface area contributed by atoms with Crippen molar-refractivity contribution in [2.45, 2.75) is 12.5 Å². The maximum Gasteiger partial charge on any atom is 0.123 e. The van der Waals surface area contributed by atoms with Gasteiger partial charge >= 0.3 is 0 Å². The molecule has 90 valence electrons. The molecule has 0 bridgehead atoms. The van der Waals surface area contributed by atoms with Gasteiger partial charge in [-0.05, 0) is 46.1 Å². The minimum atomic E-state index is 0.0908. The van der Waals surface area contributed by atoms with Crippen molar-refractivity contribution in [2.75, 3.05) is 5.73 Å². The largest absolute Gasteiger partial charge is 0.384 e. The molecular formula is C11H13BrN4S. The Bertz CT molecular complexity index is 500. The average molecular weight is 313 g/mol. The topological polar surface area (TPSA) is 77.0 Å². The summed E-state index contributed by atoms with van der Waals surface area (Å²) in [6, 6.07) is 5.98. The average Bonchev–Trinajstić information content (AvgIpc) is 2.73. The van der Waals surface area contributed by atoms with E-state index in [4.69, 9.17) is 11.6 Å². The van der Waals surface area contributed by atoms with E-state index in [0.717, 1.165) is 16.5 Å². The van der Waals surface area contributed by atoms with Gasteiger partial charge in [-0.2, -0.15) is 0 Å². The highest BCUT2D eigenvalue weighted by Crippen LogP contribution is 2.27. The van der Waals surface area contributed by atoms with Crippen LogP contribution in [-0.4, -0.2) is 4.98 Å². The van der Waals surface area contributed by atoms with E-state index >= 15 is 0 Å². The predicted octanol–water partition coefficient (Wildman–Crippen LogP) is 2.23. The van der Waals surface area contributed by atoms with Crippen LogP contribution in [0.1, 0.15) is 16.5 Å². The van der Waals surface area contributed by atoms with Crippen molar-refractivity contribution in [3.05, 3.63) is 44.7 Å². The van der Waals surface area contributed by atoms with E-state index in [1.807, 2.05) is 17.5 Å². The maximum absolute atomic E-state index is 5.65. The molecule has 0 aliphatic carbocycles. The molecule has 2 rings (SSSR count). The first kappa shape index (κ1) is 12.5. The molecule has 1 unspecified atom stereocenters. The van der Waals surface area contributed by atoms with Gasteiger partial charge in [-0.25, -0.2) is 4.98 Å². The van der Waals surface area contributed by atoms with Crippen molar-refractivity contribution in [2.24, 2.45) is 5.84 Å². The first-order valence-electron chi connectivity index (χ1n) is 5.09. The number of hydrogen-bond donors (Lipinski definition) is 3. The Hall–Kier alpha value is -0.950. The van der Waals surface area contributed by atoms with Crippen LogP contribution in [0.4, 0.5) is 5.82 Å². The van der Waals surface area contributed by atoms with Crippen molar-refractivity contribution >= 4 is 33.1 Å². The Labute approximate surface area is 112 Å². The molecule has 1 atom stereocenters. The number of halogens is 1. The molecule has 0 aliphatic rings. The van der Waals surface area contributed by atoms with Crippen molar-refractivity contribution < 1.29 is 0 Å². The van der Waals surface area contributed by atoms with E-state index in [0.29, 0.717) is 5.82 Å². The number of nitrogens with zero attached hydrogens (tertiary/aromatic N) is 1. The van der Waals surface area contributed by atoms with Crippen LogP contribution in [0.15, 0.2) is 34.2 Å². The Balaban J connectivity index is 2.15. The molecule has 17 heavy (non-hydrogen) atoms. The number of anilines is 1. The van der Waals surface area contributed by atoms with Crippen LogP contribution in [0.3, 0.4) is 0 Å².